The maximum atomic E-state index is 12.9. The molecule has 1 aromatic carbocycles. The van der Waals surface area contributed by atoms with Crippen molar-refractivity contribution in [2.45, 2.75) is 31.9 Å². The van der Waals surface area contributed by atoms with Crippen LogP contribution in [-0.4, -0.2) is 53.0 Å². The highest BCUT2D eigenvalue weighted by atomic mass is 19.4. The lowest BCUT2D eigenvalue weighted by molar-refractivity contribution is -0.137. The molecule has 0 bridgehead atoms. The summed E-state index contributed by atoms with van der Waals surface area (Å²) in [5, 5.41) is 6.34. The van der Waals surface area contributed by atoms with E-state index < -0.39 is 17.2 Å². The molecule has 1 rings (SSSR count). The summed E-state index contributed by atoms with van der Waals surface area (Å²) in [5.74, 6) is 0.604. The molecule has 0 fully saturated rings. The minimum Gasteiger partial charge on any atom is -0.382 e. The summed E-state index contributed by atoms with van der Waals surface area (Å²) in [7, 11) is 3.28. The van der Waals surface area contributed by atoms with Gasteiger partial charge in [-0.25, -0.2) is 0 Å². The second-order valence-corrected chi connectivity index (χ2v) is 6.77. The van der Waals surface area contributed by atoms with E-state index in [9.17, 15) is 13.2 Å². The van der Waals surface area contributed by atoms with Crippen molar-refractivity contribution >= 4 is 5.96 Å². The quantitative estimate of drug-likeness (QED) is 0.367. The Morgan fingerprint density at radius 1 is 1.07 bits per heavy atom. The molecule has 27 heavy (non-hydrogen) atoms. The van der Waals surface area contributed by atoms with E-state index in [1.807, 2.05) is 13.8 Å². The molecule has 0 spiro atoms. The Labute approximate surface area is 159 Å². The molecule has 8 heteroatoms. The predicted octanol–water partition coefficient (Wildman–Crippen LogP) is 3.20. The van der Waals surface area contributed by atoms with Crippen LogP contribution in [0.15, 0.2) is 29.3 Å². The average Bonchev–Trinajstić information content (AvgIpc) is 2.63. The Morgan fingerprint density at radius 2 is 1.78 bits per heavy atom. The van der Waals surface area contributed by atoms with Gasteiger partial charge in [-0.3, -0.25) is 4.99 Å². The first-order chi connectivity index (χ1) is 12.7. The van der Waals surface area contributed by atoms with E-state index in [2.05, 4.69) is 15.6 Å². The van der Waals surface area contributed by atoms with Crippen molar-refractivity contribution in [2.24, 2.45) is 4.99 Å². The number of methoxy groups -OCH3 is 1. The minimum absolute atomic E-state index is 0.443. The summed E-state index contributed by atoms with van der Waals surface area (Å²) < 4.78 is 49.1. The molecule has 0 heterocycles. The van der Waals surface area contributed by atoms with Gasteiger partial charge in [-0.1, -0.05) is 32.0 Å². The summed E-state index contributed by atoms with van der Waals surface area (Å²) in [6, 6.07) is 5.44. The molecule has 0 atom stereocenters. The third kappa shape index (κ3) is 8.62. The van der Waals surface area contributed by atoms with Gasteiger partial charge in [-0.05, 0) is 18.1 Å². The molecule has 0 saturated heterocycles. The zero-order valence-electron chi connectivity index (χ0n) is 16.4. The van der Waals surface area contributed by atoms with E-state index in [0.29, 0.717) is 44.4 Å². The van der Waals surface area contributed by atoms with E-state index in [-0.39, 0.29) is 0 Å². The van der Waals surface area contributed by atoms with Crippen LogP contribution in [0.3, 0.4) is 0 Å². The highest BCUT2D eigenvalue weighted by Crippen LogP contribution is 2.32. The van der Waals surface area contributed by atoms with Gasteiger partial charge in [-0.2, -0.15) is 13.2 Å². The Kier molecular flexibility index (Phi) is 9.59. The SMILES string of the molecule is CN=C(NCCCOCCOC)NCC(C)(C)c1cccc(C(F)(F)F)c1. The molecule has 0 unspecified atom stereocenters. The molecule has 0 radical (unpaired) electrons. The lowest BCUT2D eigenvalue weighted by atomic mass is 9.84. The Morgan fingerprint density at radius 3 is 2.41 bits per heavy atom. The fraction of sp³-hybridized carbons (Fsp3) is 0.632. The minimum atomic E-state index is -4.34. The number of rotatable bonds is 10. The standard InChI is InChI=1S/C19H30F3N3O2/c1-18(2,15-7-5-8-16(13-15)19(20,21)22)14-25-17(23-3)24-9-6-10-27-12-11-26-4/h5,7-8,13H,6,9-12,14H2,1-4H3,(H2,23,24,25). The topological polar surface area (TPSA) is 54.9 Å². The third-order valence-corrected chi connectivity index (χ3v) is 4.08. The molecule has 0 aliphatic heterocycles. The van der Waals surface area contributed by atoms with Gasteiger partial charge >= 0.3 is 6.18 Å². The monoisotopic (exact) mass is 389 g/mol. The Hall–Kier alpha value is -1.80. The number of hydrogen-bond acceptors (Lipinski definition) is 3. The van der Waals surface area contributed by atoms with Gasteiger partial charge in [0.25, 0.3) is 0 Å². The maximum Gasteiger partial charge on any atom is 0.416 e. The number of nitrogens with one attached hydrogen (secondary N) is 2. The summed E-state index contributed by atoms with van der Waals surface area (Å²) in [4.78, 5) is 4.14. The van der Waals surface area contributed by atoms with Crippen molar-refractivity contribution < 1.29 is 22.6 Å². The van der Waals surface area contributed by atoms with Crippen LogP contribution in [0.1, 0.15) is 31.4 Å². The summed E-state index contributed by atoms with van der Waals surface area (Å²) in [5.41, 5.74) is -0.516. The van der Waals surface area contributed by atoms with Crippen molar-refractivity contribution in [1.82, 2.24) is 10.6 Å². The maximum absolute atomic E-state index is 12.9. The molecule has 154 valence electrons. The van der Waals surface area contributed by atoms with Crippen LogP contribution < -0.4 is 10.6 Å². The van der Waals surface area contributed by atoms with E-state index >= 15 is 0 Å². The average molecular weight is 389 g/mol. The van der Waals surface area contributed by atoms with Crippen molar-refractivity contribution in [3.8, 4) is 0 Å². The van der Waals surface area contributed by atoms with Crippen LogP contribution in [0.2, 0.25) is 0 Å². The largest absolute Gasteiger partial charge is 0.416 e. The first-order valence-corrected chi connectivity index (χ1v) is 8.89. The fourth-order valence-electron chi connectivity index (χ4n) is 2.37. The number of benzene rings is 1. The second kappa shape index (κ2) is 11.1. The normalized spacial score (nSPS) is 12.9. The first-order valence-electron chi connectivity index (χ1n) is 8.89. The summed E-state index contributed by atoms with van der Waals surface area (Å²) in [6.45, 7) is 6.66. The fourth-order valence-corrected chi connectivity index (χ4v) is 2.37. The summed E-state index contributed by atoms with van der Waals surface area (Å²) in [6.07, 6.45) is -3.54. The van der Waals surface area contributed by atoms with Crippen LogP contribution in [0.5, 0.6) is 0 Å². The number of nitrogens with zero attached hydrogens (tertiary/aromatic N) is 1. The van der Waals surface area contributed by atoms with Crippen LogP contribution >= 0.6 is 0 Å². The number of aliphatic imine (C=N–C) groups is 1. The second-order valence-electron chi connectivity index (χ2n) is 6.77. The van der Waals surface area contributed by atoms with Gasteiger partial charge in [0.15, 0.2) is 5.96 Å². The van der Waals surface area contributed by atoms with E-state index in [0.717, 1.165) is 12.5 Å². The highest BCUT2D eigenvalue weighted by Gasteiger charge is 2.32. The zero-order valence-corrected chi connectivity index (χ0v) is 16.4. The van der Waals surface area contributed by atoms with Crippen LogP contribution in [0, 0.1) is 0 Å². The van der Waals surface area contributed by atoms with Gasteiger partial charge in [0.05, 0.1) is 18.8 Å². The Balaban J connectivity index is 2.49. The lowest BCUT2D eigenvalue weighted by Gasteiger charge is -2.27. The first kappa shape index (κ1) is 23.2. The van der Waals surface area contributed by atoms with Crippen LogP contribution in [0.4, 0.5) is 13.2 Å². The van der Waals surface area contributed by atoms with Crippen molar-refractivity contribution in [3.05, 3.63) is 35.4 Å². The molecular weight excluding hydrogens is 359 g/mol. The van der Waals surface area contributed by atoms with E-state index in [1.54, 1.807) is 20.2 Å². The number of guanidine groups is 1. The van der Waals surface area contributed by atoms with E-state index in [4.69, 9.17) is 9.47 Å². The Bertz CT molecular complexity index is 590. The van der Waals surface area contributed by atoms with E-state index in [1.165, 1.54) is 12.1 Å². The molecule has 0 aliphatic carbocycles. The smallest absolute Gasteiger partial charge is 0.382 e. The highest BCUT2D eigenvalue weighted by molar-refractivity contribution is 5.79. The van der Waals surface area contributed by atoms with Crippen LogP contribution in [-0.2, 0) is 21.1 Å². The van der Waals surface area contributed by atoms with Crippen LogP contribution in [0.25, 0.3) is 0 Å². The molecule has 0 aromatic heterocycles. The van der Waals surface area contributed by atoms with Gasteiger partial charge in [-0.15, -0.1) is 0 Å². The molecule has 1 aromatic rings. The molecule has 0 amide bonds. The van der Waals surface area contributed by atoms with Gasteiger partial charge in [0.1, 0.15) is 0 Å². The third-order valence-electron chi connectivity index (χ3n) is 4.08. The summed E-state index contributed by atoms with van der Waals surface area (Å²) >= 11 is 0. The number of ether oxygens (including phenoxy) is 2. The van der Waals surface area contributed by atoms with Crippen molar-refractivity contribution in [3.63, 3.8) is 0 Å². The molecule has 2 N–H and O–H groups in total. The zero-order chi connectivity index (χ0) is 20.3. The number of halogens is 3. The molecule has 5 nitrogen and oxygen atoms in total. The van der Waals surface area contributed by atoms with Gasteiger partial charge in [0, 0.05) is 39.3 Å². The van der Waals surface area contributed by atoms with Crippen molar-refractivity contribution in [1.29, 1.82) is 0 Å². The number of hydrogen-bond donors (Lipinski definition) is 2. The number of alkyl halides is 3. The lowest BCUT2D eigenvalue weighted by Crippen LogP contribution is -2.43. The van der Waals surface area contributed by atoms with Crippen molar-refractivity contribution in [2.75, 3.05) is 47.1 Å². The molecule has 0 saturated carbocycles. The predicted molar refractivity (Wildman–Crippen MR) is 101 cm³/mol. The van der Waals surface area contributed by atoms with Gasteiger partial charge in [0.2, 0.25) is 0 Å². The molecular formula is C19H30F3N3O2. The molecule has 0 aliphatic rings. The van der Waals surface area contributed by atoms with Gasteiger partial charge < -0.3 is 20.1 Å².